The highest BCUT2D eigenvalue weighted by Gasteiger charge is 2.43. The normalized spacial score (nSPS) is 26.2. The molecule has 6 atom stereocenters. The second kappa shape index (κ2) is 17.1. The Morgan fingerprint density at radius 3 is 2.29 bits per heavy atom. The Labute approximate surface area is 286 Å². The molecular weight excluding hydrogens is 632 g/mol. The van der Waals surface area contributed by atoms with Crippen molar-refractivity contribution in [3.8, 4) is 0 Å². The van der Waals surface area contributed by atoms with Crippen molar-refractivity contribution in [3.05, 3.63) is 48.0 Å². The molecule has 6 amide bonds. The second-order valence-corrected chi connectivity index (χ2v) is 12.9. The van der Waals surface area contributed by atoms with Crippen molar-refractivity contribution in [2.45, 2.75) is 102 Å². The van der Waals surface area contributed by atoms with E-state index in [-0.39, 0.29) is 19.5 Å². The molecule has 3 fully saturated rings. The number of hydrogen-bond acceptors (Lipinski definition) is 8. The summed E-state index contributed by atoms with van der Waals surface area (Å²) >= 11 is 0. The quantitative estimate of drug-likeness (QED) is 0.262. The van der Waals surface area contributed by atoms with Gasteiger partial charge in [0.25, 0.3) is 0 Å². The summed E-state index contributed by atoms with van der Waals surface area (Å²) in [5, 5.41) is 8.08. The first-order valence-electron chi connectivity index (χ1n) is 17.1. The van der Waals surface area contributed by atoms with Crippen molar-refractivity contribution in [2.24, 2.45) is 0 Å². The van der Waals surface area contributed by atoms with Crippen molar-refractivity contribution in [2.75, 3.05) is 26.7 Å². The number of unbranched alkanes of at least 4 members (excludes halogenated alkanes) is 1. The highest BCUT2D eigenvalue weighted by Crippen LogP contribution is 2.23. The predicted molar refractivity (Wildman–Crippen MR) is 178 cm³/mol. The average molecular weight is 681 g/mol. The highest BCUT2D eigenvalue weighted by atomic mass is 16.5. The minimum atomic E-state index is -1.40. The number of carbonyl (C=O) groups excluding carboxylic acids is 7. The summed E-state index contributed by atoms with van der Waals surface area (Å²) < 4.78 is 5.63. The van der Waals surface area contributed by atoms with Gasteiger partial charge in [0.1, 0.15) is 42.9 Å². The molecule has 4 rings (SSSR count). The maximum Gasteiger partial charge on any atom is 0.328 e. The Hall–Kier alpha value is -4.75. The van der Waals surface area contributed by atoms with E-state index < -0.39 is 84.3 Å². The maximum absolute atomic E-state index is 14.2. The second-order valence-electron chi connectivity index (χ2n) is 12.9. The first kappa shape index (κ1) is 37.1. The summed E-state index contributed by atoms with van der Waals surface area (Å²) in [6.07, 6.45) is 6.40. The molecule has 266 valence electrons. The number of nitrogens with zero attached hydrogens (tertiary/aromatic N) is 3. The molecule has 0 bridgehead atoms. The summed E-state index contributed by atoms with van der Waals surface area (Å²) in [4.78, 5) is 98.3. The Kier molecular flexibility index (Phi) is 12.9. The number of allylic oxidation sites excluding steroid dienone is 1. The number of cyclic esters (lactones) is 1. The molecule has 49 heavy (non-hydrogen) atoms. The Balaban J connectivity index is 1.65. The van der Waals surface area contributed by atoms with Gasteiger partial charge in [0.05, 0.1) is 0 Å². The molecule has 3 N–H and O–H groups in total. The first-order chi connectivity index (χ1) is 23.4. The van der Waals surface area contributed by atoms with Crippen LogP contribution in [0.5, 0.6) is 0 Å². The number of amides is 6. The number of carbonyl (C=O) groups is 7. The zero-order valence-electron chi connectivity index (χ0n) is 28.7. The SMILES string of the molecule is CCC/C=C/C(=O)N[C@@H](Cc1ccccc1)C(=O)N[C@H]1COC(=O)[C@@H]2CCCN2C(=O)[C@H](C)NC(=O)[C@H](C)N(C)C(=O)[C@@H]2CCCN2C1=O. The van der Waals surface area contributed by atoms with Gasteiger partial charge in [-0.3, -0.25) is 28.8 Å². The van der Waals surface area contributed by atoms with Gasteiger partial charge in [0.2, 0.25) is 35.4 Å². The fourth-order valence-corrected chi connectivity index (χ4v) is 6.35. The Morgan fingerprint density at radius 2 is 1.61 bits per heavy atom. The molecule has 3 heterocycles. The summed E-state index contributed by atoms with van der Waals surface area (Å²) in [6, 6.07) is 2.78. The number of ether oxygens (including phenoxy) is 1. The molecule has 3 aliphatic heterocycles. The van der Waals surface area contributed by atoms with Crippen LogP contribution in [-0.4, -0.2) is 119 Å². The number of fused-ring (bicyclic) bond motifs is 2. The summed E-state index contributed by atoms with van der Waals surface area (Å²) in [5.74, 6) is -4.06. The van der Waals surface area contributed by atoms with Crippen LogP contribution in [0.25, 0.3) is 0 Å². The van der Waals surface area contributed by atoms with Crippen LogP contribution in [0.2, 0.25) is 0 Å². The van der Waals surface area contributed by atoms with Crippen LogP contribution in [0.1, 0.15) is 64.9 Å². The molecule has 3 saturated heterocycles. The molecule has 0 spiro atoms. The van der Waals surface area contributed by atoms with Gasteiger partial charge in [-0.15, -0.1) is 0 Å². The van der Waals surface area contributed by atoms with Crippen molar-refractivity contribution in [3.63, 3.8) is 0 Å². The number of nitrogens with one attached hydrogen (secondary N) is 3. The molecule has 14 heteroatoms. The predicted octanol–water partition coefficient (Wildman–Crippen LogP) is 0.445. The van der Waals surface area contributed by atoms with Crippen LogP contribution in [0.3, 0.4) is 0 Å². The molecule has 0 unspecified atom stereocenters. The molecule has 14 nitrogen and oxygen atoms in total. The Bertz CT molecular complexity index is 1430. The largest absolute Gasteiger partial charge is 0.461 e. The van der Waals surface area contributed by atoms with E-state index in [0.29, 0.717) is 32.1 Å². The lowest BCUT2D eigenvalue weighted by Crippen LogP contribution is -2.60. The summed E-state index contributed by atoms with van der Waals surface area (Å²) in [7, 11) is 1.46. The summed E-state index contributed by atoms with van der Waals surface area (Å²) in [6.45, 7) is 4.95. The standard InChI is InChI=1S/C35H48N6O8/c1-5-6-8-17-29(42)37-25(20-24-13-9-7-10-14-24)31(44)38-26-21-49-35(48)28-16-12-19-41(28)32(45)22(2)36-30(43)23(3)39(4)34(47)27-15-11-18-40(27)33(26)46/h7-10,13-14,17,22-23,25-28H,5-6,11-12,15-16,18-21H2,1-4H3,(H,36,43)(H,37,42)(H,38,44)/b17-8+/t22-,23-,25-,26-,27-,28-/m0/s1. The van der Waals surface area contributed by atoms with E-state index in [1.807, 2.05) is 37.3 Å². The van der Waals surface area contributed by atoms with E-state index in [1.54, 1.807) is 6.08 Å². The van der Waals surface area contributed by atoms with Gasteiger partial charge in [0, 0.05) is 26.6 Å². The fourth-order valence-electron chi connectivity index (χ4n) is 6.35. The van der Waals surface area contributed by atoms with Crippen LogP contribution in [0, 0.1) is 0 Å². The number of esters is 1. The summed E-state index contributed by atoms with van der Waals surface area (Å²) in [5.41, 5.74) is 0.767. The number of rotatable bonds is 8. The molecular formula is C35H48N6O8. The number of likely N-dealkylation sites (N-methyl/N-ethyl adjacent to an activating group) is 1. The molecule has 1 aromatic carbocycles. The molecule has 3 aliphatic rings. The van der Waals surface area contributed by atoms with E-state index in [9.17, 15) is 33.6 Å². The van der Waals surface area contributed by atoms with Gasteiger partial charge >= 0.3 is 5.97 Å². The van der Waals surface area contributed by atoms with Gasteiger partial charge < -0.3 is 35.4 Å². The lowest BCUT2D eigenvalue weighted by molar-refractivity contribution is -0.158. The zero-order valence-corrected chi connectivity index (χ0v) is 28.7. The maximum atomic E-state index is 14.2. The van der Waals surface area contributed by atoms with Crippen LogP contribution in [0.15, 0.2) is 42.5 Å². The van der Waals surface area contributed by atoms with Crippen molar-refractivity contribution >= 4 is 41.4 Å². The van der Waals surface area contributed by atoms with Crippen LogP contribution in [0.4, 0.5) is 0 Å². The van der Waals surface area contributed by atoms with E-state index in [4.69, 9.17) is 4.74 Å². The minimum Gasteiger partial charge on any atom is -0.461 e. The molecule has 0 aromatic heterocycles. The molecule has 0 saturated carbocycles. The monoisotopic (exact) mass is 680 g/mol. The average Bonchev–Trinajstić information content (AvgIpc) is 3.79. The number of benzene rings is 1. The van der Waals surface area contributed by atoms with Gasteiger partial charge in [-0.25, -0.2) is 4.79 Å². The van der Waals surface area contributed by atoms with E-state index >= 15 is 0 Å². The topological polar surface area (TPSA) is 175 Å². The van der Waals surface area contributed by atoms with Crippen LogP contribution < -0.4 is 16.0 Å². The van der Waals surface area contributed by atoms with E-state index in [0.717, 1.165) is 12.0 Å². The lowest BCUT2D eigenvalue weighted by atomic mass is 10.0. The van der Waals surface area contributed by atoms with Gasteiger partial charge in [-0.05, 0) is 57.6 Å². The molecule has 0 radical (unpaired) electrons. The minimum absolute atomic E-state index is 0.119. The van der Waals surface area contributed by atoms with Gasteiger partial charge in [0.15, 0.2) is 0 Å². The van der Waals surface area contributed by atoms with Crippen molar-refractivity contribution in [1.82, 2.24) is 30.7 Å². The number of hydrogen-bond donors (Lipinski definition) is 3. The highest BCUT2D eigenvalue weighted by molar-refractivity contribution is 5.98. The molecule has 0 aliphatic carbocycles. The van der Waals surface area contributed by atoms with Gasteiger partial charge in [-0.1, -0.05) is 49.8 Å². The molecule has 1 aromatic rings. The van der Waals surface area contributed by atoms with E-state index in [2.05, 4.69) is 16.0 Å². The third-order valence-electron chi connectivity index (χ3n) is 9.31. The van der Waals surface area contributed by atoms with Crippen molar-refractivity contribution < 1.29 is 38.3 Å². The zero-order chi connectivity index (χ0) is 35.7. The fraction of sp³-hybridized carbons (Fsp3) is 0.571. The first-order valence-corrected chi connectivity index (χ1v) is 17.1. The van der Waals surface area contributed by atoms with Crippen LogP contribution in [-0.2, 0) is 44.7 Å². The third kappa shape index (κ3) is 9.24. The van der Waals surface area contributed by atoms with Gasteiger partial charge in [-0.2, -0.15) is 0 Å². The Morgan fingerprint density at radius 1 is 0.959 bits per heavy atom. The lowest BCUT2D eigenvalue weighted by Gasteiger charge is -2.34. The smallest absolute Gasteiger partial charge is 0.328 e. The third-order valence-corrected chi connectivity index (χ3v) is 9.31. The van der Waals surface area contributed by atoms with Crippen LogP contribution >= 0.6 is 0 Å². The van der Waals surface area contributed by atoms with E-state index in [1.165, 1.54) is 41.7 Å². The van der Waals surface area contributed by atoms with Crippen molar-refractivity contribution in [1.29, 1.82) is 0 Å².